The van der Waals surface area contributed by atoms with Crippen molar-refractivity contribution >= 4 is 17.3 Å². The van der Waals surface area contributed by atoms with Gasteiger partial charge in [-0.25, -0.2) is 0 Å². The number of aliphatic hydroxyl groups excluding tert-OH is 1. The highest BCUT2D eigenvalue weighted by molar-refractivity contribution is 5.92. The third-order valence-corrected chi connectivity index (χ3v) is 2.70. The summed E-state index contributed by atoms with van der Waals surface area (Å²) >= 11 is 0. The van der Waals surface area contributed by atoms with Crippen molar-refractivity contribution in [3.8, 4) is 5.75 Å². The molecule has 0 spiro atoms. The van der Waals surface area contributed by atoms with Crippen LogP contribution in [-0.2, 0) is 11.4 Å². The summed E-state index contributed by atoms with van der Waals surface area (Å²) in [5.41, 5.74) is 7.50. The second-order valence-corrected chi connectivity index (χ2v) is 4.22. The molecule has 0 fully saturated rings. The Balaban J connectivity index is 1.90. The Morgan fingerprint density at radius 1 is 1.15 bits per heavy atom. The van der Waals surface area contributed by atoms with Gasteiger partial charge in [0.1, 0.15) is 5.75 Å². The van der Waals surface area contributed by atoms with Crippen LogP contribution in [0.3, 0.4) is 0 Å². The average molecular weight is 272 g/mol. The van der Waals surface area contributed by atoms with E-state index in [0.29, 0.717) is 22.7 Å². The lowest BCUT2D eigenvalue weighted by atomic mass is 10.2. The van der Waals surface area contributed by atoms with Crippen molar-refractivity contribution in [2.75, 3.05) is 17.7 Å². The molecule has 2 rings (SSSR count). The molecule has 0 bridgehead atoms. The van der Waals surface area contributed by atoms with E-state index in [4.69, 9.17) is 15.6 Å². The molecule has 0 saturated heterocycles. The normalized spacial score (nSPS) is 10.1. The van der Waals surface area contributed by atoms with Crippen LogP contribution in [0.5, 0.6) is 5.75 Å². The zero-order valence-corrected chi connectivity index (χ0v) is 10.9. The van der Waals surface area contributed by atoms with Crippen LogP contribution in [0.15, 0.2) is 48.5 Å². The van der Waals surface area contributed by atoms with Crippen molar-refractivity contribution in [3.05, 3.63) is 54.1 Å². The first-order chi connectivity index (χ1) is 9.69. The number of carbonyl (C=O) groups is 1. The fourth-order valence-corrected chi connectivity index (χ4v) is 1.68. The third-order valence-electron chi connectivity index (χ3n) is 2.70. The van der Waals surface area contributed by atoms with Crippen LogP contribution in [0.1, 0.15) is 5.56 Å². The number of amides is 1. The molecule has 5 heteroatoms. The maximum absolute atomic E-state index is 11.7. The summed E-state index contributed by atoms with van der Waals surface area (Å²) in [6.45, 7) is -0.253. The highest BCUT2D eigenvalue weighted by Gasteiger charge is 2.06. The van der Waals surface area contributed by atoms with Gasteiger partial charge in [-0.3, -0.25) is 4.79 Å². The largest absolute Gasteiger partial charge is 0.483 e. The zero-order valence-electron chi connectivity index (χ0n) is 10.9. The Kier molecular flexibility index (Phi) is 4.57. The molecular formula is C15H16N2O3. The molecule has 20 heavy (non-hydrogen) atoms. The molecule has 2 aromatic carbocycles. The van der Waals surface area contributed by atoms with E-state index in [0.717, 1.165) is 0 Å². The second-order valence-electron chi connectivity index (χ2n) is 4.22. The van der Waals surface area contributed by atoms with Gasteiger partial charge in [-0.15, -0.1) is 0 Å². The molecular weight excluding hydrogens is 256 g/mol. The molecule has 0 aliphatic heterocycles. The SMILES string of the molecule is Nc1ccc(NC(=O)COc2ccccc2CO)cc1. The van der Waals surface area contributed by atoms with Crippen molar-refractivity contribution in [2.24, 2.45) is 0 Å². The monoisotopic (exact) mass is 272 g/mol. The number of aliphatic hydroxyl groups is 1. The van der Waals surface area contributed by atoms with E-state index >= 15 is 0 Å². The molecule has 0 saturated carbocycles. The Morgan fingerprint density at radius 2 is 1.85 bits per heavy atom. The maximum Gasteiger partial charge on any atom is 0.262 e. The highest BCUT2D eigenvalue weighted by atomic mass is 16.5. The van der Waals surface area contributed by atoms with Gasteiger partial charge in [0, 0.05) is 16.9 Å². The standard InChI is InChI=1S/C15H16N2O3/c16-12-5-7-13(8-6-12)17-15(19)10-20-14-4-2-1-3-11(14)9-18/h1-8,18H,9-10,16H2,(H,17,19). The molecule has 2 aromatic rings. The number of nitrogens with one attached hydrogen (secondary N) is 1. The number of rotatable bonds is 5. The summed E-state index contributed by atoms with van der Waals surface area (Å²) < 4.78 is 5.39. The number of nitrogen functional groups attached to an aromatic ring is 1. The summed E-state index contributed by atoms with van der Waals surface area (Å²) in [6, 6.07) is 13.9. The van der Waals surface area contributed by atoms with Gasteiger partial charge in [0.25, 0.3) is 5.91 Å². The number of para-hydroxylation sites is 1. The Labute approximate surface area is 117 Å². The van der Waals surface area contributed by atoms with Crippen LogP contribution in [0, 0.1) is 0 Å². The summed E-state index contributed by atoms with van der Waals surface area (Å²) in [6.07, 6.45) is 0. The topological polar surface area (TPSA) is 84.6 Å². The fraction of sp³-hybridized carbons (Fsp3) is 0.133. The van der Waals surface area contributed by atoms with Crippen molar-refractivity contribution in [2.45, 2.75) is 6.61 Å². The van der Waals surface area contributed by atoms with E-state index < -0.39 is 0 Å². The van der Waals surface area contributed by atoms with E-state index in [2.05, 4.69) is 5.32 Å². The quantitative estimate of drug-likeness (QED) is 0.724. The molecule has 5 nitrogen and oxygen atoms in total. The minimum Gasteiger partial charge on any atom is -0.483 e. The van der Waals surface area contributed by atoms with E-state index in [9.17, 15) is 4.79 Å². The zero-order chi connectivity index (χ0) is 14.4. The first kappa shape index (κ1) is 13.9. The minimum atomic E-state index is -0.275. The number of hydrogen-bond donors (Lipinski definition) is 3. The van der Waals surface area contributed by atoms with Gasteiger partial charge < -0.3 is 20.9 Å². The number of hydrogen-bond acceptors (Lipinski definition) is 4. The number of benzene rings is 2. The van der Waals surface area contributed by atoms with Crippen LogP contribution in [0.25, 0.3) is 0 Å². The Morgan fingerprint density at radius 3 is 2.55 bits per heavy atom. The van der Waals surface area contributed by atoms with Gasteiger partial charge in [0.15, 0.2) is 6.61 Å². The summed E-state index contributed by atoms with van der Waals surface area (Å²) in [5.74, 6) is 0.227. The molecule has 104 valence electrons. The lowest BCUT2D eigenvalue weighted by Gasteiger charge is -2.10. The molecule has 0 heterocycles. The summed E-state index contributed by atoms with van der Waals surface area (Å²) in [7, 11) is 0. The van der Waals surface area contributed by atoms with Gasteiger partial charge in [-0.05, 0) is 30.3 Å². The van der Waals surface area contributed by atoms with Crippen molar-refractivity contribution in [1.29, 1.82) is 0 Å². The number of anilines is 2. The van der Waals surface area contributed by atoms with Crippen molar-refractivity contribution in [3.63, 3.8) is 0 Å². The van der Waals surface area contributed by atoms with Crippen LogP contribution in [0.2, 0.25) is 0 Å². The van der Waals surface area contributed by atoms with Crippen molar-refractivity contribution in [1.82, 2.24) is 0 Å². The number of nitrogens with two attached hydrogens (primary N) is 1. The summed E-state index contributed by atoms with van der Waals surface area (Å²) in [5, 5.41) is 11.8. The van der Waals surface area contributed by atoms with Gasteiger partial charge in [-0.2, -0.15) is 0 Å². The Hall–Kier alpha value is -2.53. The average Bonchev–Trinajstić information content (AvgIpc) is 2.48. The maximum atomic E-state index is 11.7. The van der Waals surface area contributed by atoms with E-state index in [1.54, 1.807) is 48.5 Å². The molecule has 0 atom stereocenters. The third kappa shape index (κ3) is 3.73. The lowest BCUT2D eigenvalue weighted by Crippen LogP contribution is -2.20. The smallest absolute Gasteiger partial charge is 0.262 e. The van der Waals surface area contributed by atoms with E-state index in [1.807, 2.05) is 0 Å². The predicted octanol–water partition coefficient (Wildman–Crippen LogP) is 1.78. The molecule has 0 aromatic heterocycles. The van der Waals surface area contributed by atoms with Crippen LogP contribution in [-0.4, -0.2) is 17.6 Å². The predicted molar refractivity (Wildman–Crippen MR) is 77.3 cm³/mol. The fourth-order valence-electron chi connectivity index (χ4n) is 1.68. The molecule has 0 aliphatic carbocycles. The molecule has 0 radical (unpaired) electrons. The van der Waals surface area contributed by atoms with Gasteiger partial charge in [0.2, 0.25) is 0 Å². The number of ether oxygens (including phenoxy) is 1. The second kappa shape index (κ2) is 6.58. The first-order valence-corrected chi connectivity index (χ1v) is 6.16. The van der Waals surface area contributed by atoms with Gasteiger partial charge >= 0.3 is 0 Å². The van der Waals surface area contributed by atoms with Crippen molar-refractivity contribution < 1.29 is 14.6 Å². The van der Waals surface area contributed by atoms with E-state index in [1.165, 1.54) is 0 Å². The highest BCUT2D eigenvalue weighted by Crippen LogP contribution is 2.17. The minimum absolute atomic E-state index is 0.124. The molecule has 1 amide bonds. The van der Waals surface area contributed by atoms with Gasteiger partial charge in [0.05, 0.1) is 6.61 Å². The Bertz CT molecular complexity index is 582. The molecule has 0 aliphatic rings. The van der Waals surface area contributed by atoms with Gasteiger partial charge in [-0.1, -0.05) is 18.2 Å². The first-order valence-electron chi connectivity index (χ1n) is 6.16. The van der Waals surface area contributed by atoms with Crippen LogP contribution in [0.4, 0.5) is 11.4 Å². The number of carbonyl (C=O) groups excluding carboxylic acids is 1. The van der Waals surface area contributed by atoms with Crippen LogP contribution >= 0.6 is 0 Å². The van der Waals surface area contributed by atoms with E-state index in [-0.39, 0.29) is 19.1 Å². The van der Waals surface area contributed by atoms with Crippen LogP contribution < -0.4 is 15.8 Å². The lowest BCUT2D eigenvalue weighted by molar-refractivity contribution is -0.118. The molecule has 4 N–H and O–H groups in total. The summed E-state index contributed by atoms with van der Waals surface area (Å²) in [4.78, 5) is 11.7. The molecule has 0 unspecified atom stereocenters.